The van der Waals surface area contributed by atoms with Gasteiger partial charge in [-0.2, -0.15) is 0 Å². The van der Waals surface area contributed by atoms with Crippen molar-refractivity contribution in [1.82, 2.24) is 0 Å². The maximum Gasteiger partial charge on any atom is 0.258 e. The van der Waals surface area contributed by atoms with Crippen molar-refractivity contribution in [2.24, 2.45) is 0 Å². The topological polar surface area (TPSA) is 55.1 Å². The fraction of sp³-hybridized carbons (Fsp3) is 0. The standard InChI is InChI=1S/C13H7F5N2O/c14-5-1-7(11(17)9(19)3-5)13(21)20-10-4-6(15)2-8(16)12(10)18/h1-4H,19H2,(H,20,21). The second kappa shape index (κ2) is 5.39. The normalized spacial score (nSPS) is 10.5. The highest BCUT2D eigenvalue weighted by Gasteiger charge is 2.19. The predicted octanol–water partition coefficient (Wildman–Crippen LogP) is 3.22. The first-order valence-electron chi connectivity index (χ1n) is 5.50. The molecule has 0 aromatic heterocycles. The molecule has 2 rings (SSSR count). The van der Waals surface area contributed by atoms with Crippen molar-refractivity contribution in [3.63, 3.8) is 0 Å². The number of nitrogen functional groups attached to an aromatic ring is 1. The van der Waals surface area contributed by atoms with Crippen LogP contribution >= 0.6 is 0 Å². The zero-order chi connectivity index (χ0) is 15.7. The number of anilines is 2. The van der Waals surface area contributed by atoms with E-state index in [1.54, 1.807) is 5.32 Å². The molecule has 8 heteroatoms. The molecule has 21 heavy (non-hydrogen) atoms. The van der Waals surface area contributed by atoms with Crippen molar-refractivity contribution < 1.29 is 26.7 Å². The van der Waals surface area contributed by atoms with E-state index in [1.165, 1.54) is 0 Å². The summed E-state index contributed by atoms with van der Waals surface area (Å²) in [7, 11) is 0. The molecule has 3 nitrogen and oxygen atoms in total. The fourth-order valence-electron chi connectivity index (χ4n) is 1.61. The van der Waals surface area contributed by atoms with E-state index in [9.17, 15) is 26.7 Å². The summed E-state index contributed by atoms with van der Waals surface area (Å²) >= 11 is 0. The number of carbonyl (C=O) groups is 1. The number of hydrogen-bond donors (Lipinski definition) is 2. The maximum atomic E-state index is 13.6. The molecule has 0 bridgehead atoms. The van der Waals surface area contributed by atoms with E-state index < -0.39 is 51.9 Å². The van der Waals surface area contributed by atoms with Crippen molar-refractivity contribution in [2.75, 3.05) is 11.1 Å². The molecule has 2 aromatic carbocycles. The highest BCUT2D eigenvalue weighted by molar-refractivity contribution is 6.05. The third-order valence-electron chi connectivity index (χ3n) is 2.55. The summed E-state index contributed by atoms with van der Waals surface area (Å²) in [6, 6.07) is 1.94. The van der Waals surface area contributed by atoms with Crippen LogP contribution in [0.5, 0.6) is 0 Å². The van der Waals surface area contributed by atoms with E-state index in [1.807, 2.05) is 0 Å². The van der Waals surface area contributed by atoms with Crippen LogP contribution in [0.3, 0.4) is 0 Å². The molecule has 0 radical (unpaired) electrons. The minimum atomic E-state index is -1.54. The average molecular weight is 302 g/mol. The Balaban J connectivity index is 2.39. The molecule has 0 saturated carbocycles. The second-order valence-electron chi connectivity index (χ2n) is 4.06. The molecule has 0 aliphatic heterocycles. The third kappa shape index (κ3) is 2.93. The second-order valence-corrected chi connectivity index (χ2v) is 4.06. The highest BCUT2D eigenvalue weighted by Crippen LogP contribution is 2.22. The molecule has 2 aromatic rings. The van der Waals surface area contributed by atoms with E-state index in [-0.39, 0.29) is 6.07 Å². The lowest BCUT2D eigenvalue weighted by Gasteiger charge is -2.09. The van der Waals surface area contributed by atoms with Crippen LogP contribution in [0.1, 0.15) is 10.4 Å². The van der Waals surface area contributed by atoms with E-state index in [0.29, 0.717) is 18.2 Å². The van der Waals surface area contributed by atoms with Crippen LogP contribution < -0.4 is 11.1 Å². The smallest absolute Gasteiger partial charge is 0.258 e. The Hall–Kier alpha value is -2.64. The lowest BCUT2D eigenvalue weighted by Crippen LogP contribution is -2.16. The summed E-state index contributed by atoms with van der Waals surface area (Å²) in [5.74, 6) is -7.75. The van der Waals surface area contributed by atoms with Crippen LogP contribution in [-0.4, -0.2) is 5.91 Å². The molecule has 0 saturated heterocycles. The molecule has 1 amide bonds. The first kappa shape index (κ1) is 14.8. The Morgan fingerprint density at radius 3 is 2.19 bits per heavy atom. The molecule has 0 fully saturated rings. The molecule has 0 aliphatic rings. The number of hydrogen-bond acceptors (Lipinski definition) is 2. The predicted molar refractivity (Wildman–Crippen MR) is 65.0 cm³/mol. The van der Waals surface area contributed by atoms with Crippen LogP contribution in [0.4, 0.5) is 33.3 Å². The zero-order valence-electron chi connectivity index (χ0n) is 10.2. The Labute approximate surface area is 115 Å². The summed E-state index contributed by atoms with van der Waals surface area (Å²) in [5.41, 5.74) is 2.84. The van der Waals surface area contributed by atoms with Gasteiger partial charge in [-0.15, -0.1) is 0 Å². The van der Waals surface area contributed by atoms with Gasteiger partial charge in [-0.3, -0.25) is 4.79 Å². The number of nitrogens with one attached hydrogen (secondary N) is 1. The first-order chi connectivity index (χ1) is 9.79. The van der Waals surface area contributed by atoms with Crippen molar-refractivity contribution >= 4 is 17.3 Å². The number of amides is 1. The molecule has 110 valence electrons. The van der Waals surface area contributed by atoms with Crippen LogP contribution in [0.15, 0.2) is 24.3 Å². The summed E-state index contributed by atoms with van der Waals surface area (Å²) in [6.45, 7) is 0. The average Bonchev–Trinajstić information content (AvgIpc) is 2.39. The van der Waals surface area contributed by atoms with Gasteiger partial charge in [-0.05, 0) is 12.1 Å². The van der Waals surface area contributed by atoms with Crippen molar-refractivity contribution in [2.45, 2.75) is 0 Å². The van der Waals surface area contributed by atoms with Gasteiger partial charge in [0.1, 0.15) is 11.6 Å². The zero-order valence-corrected chi connectivity index (χ0v) is 10.2. The Morgan fingerprint density at radius 2 is 1.52 bits per heavy atom. The Bertz CT molecular complexity index is 733. The van der Waals surface area contributed by atoms with Gasteiger partial charge in [-0.25, -0.2) is 22.0 Å². The van der Waals surface area contributed by atoms with Crippen molar-refractivity contribution in [3.8, 4) is 0 Å². The molecular weight excluding hydrogens is 295 g/mol. The van der Waals surface area contributed by atoms with Gasteiger partial charge < -0.3 is 11.1 Å². The van der Waals surface area contributed by atoms with Crippen LogP contribution in [0, 0.1) is 29.1 Å². The Morgan fingerprint density at radius 1 is 0.905 bits per heavy atom. The summed E-state index contributed by atoms with van der Waals surface area (Å²) in [6.07, 6.45) is 0. The molecule has 0 heterocycles. The Kier molecular flexibility index (Phi) is 3.79. The van der Waals surface area contributed by atoms with Crippen LogP contribution in [0.2, 0.25) is 0 Å². The number of carbonyl (C=O) groups excluding carboxylic acids is 1. The van der Waals surface area contributed by atoms with Gasteiger partial charge in [0.25, 0.3) is 5.91 Å². The van der Waals surface area contributed by atoms with Gasteiger partial charge in [0.15, 0.2) is 17.5 Å². The molecule has 0 spiro atoms. The summed E-state index contributed by atoms with van der Waals surface area (Å²) in [4.78, 5) is 11.7. The van der Waals surface area contributed by atoms with Gasteiger partial charge in [0, 0.05) is 12.1 Å². The number of benzene rings is 2. The van der Waals surface area contributed by atoms with E-state index in [4.69, 9.17) is 5.73 Å². The summed E-state index contributed by atoms with van der Waals surface area (Å²) < 4.78 is 66.0. The van der Waals surface area contributed by atoms with E-state index in [2.05, 4.69) is 0 Å². The van der Waals surface area contributed by atoms with Gasteiger partial charge in [0.2, 0.25) is 0 Å². The quantitative estimate of drug-likeness (QED) is 0.508. The lowest BCUT2D eigenvalue weighted by molar-refractivity contribution is 0.102. The largest absolute Gasteiger partial charge is 0.396 e. The molecule has 3 N–H and O–H groups in total. The number of rotatable bonds is 2. The maximum absolute atomic E-state index is 13.6. The van der Waals surface area contributed by atoms with E-state index >= 15 is 0 Å². The van der Waals surface area contributed by atoms with Crippen LogP contribution in [0.25, 0.3) is 0 Å². The number of nitrogens with two attached hydrogens (primary N) is 1. The molecule has 0 unspecified atom stereocenters. The minimum absolute atomic E-state index is 0.270. The number of halogens is 5. The van der Waals surface area contributed by atoms with Gasteiger partial charge >= 0.3 is 0 Å². The summed E-state index contributed by atoms with van der Waals surface area (Å²) in [5, 5.41) is 1.75. The molecular formula is C13H7F5N2O. The lowest BCUT2D eigenvalue weighted by atomic mass is 10.1. The third-order valence-corrected chi connectivity index (χ3v) is 2.55. The van der Waals surface area contributed by atoms with Gasteiger partial charge in [0.05, 0.1) is 16.9 Å². The molecule has 0 aliphatic carbocycles. The van der Waals surface area contributed by atoms with E-state index in [0.717, 1.165) is 0 Å². The fourth-order valence-corrected chi connectivity index (χ4v) is 1.61. The van der Waals surface area contributed by atoms with Crippen molar-refractivity contribution in [1.29, 1.82) is 0 Å². The van der Waals surface area contributed by atoms with Crippen LogP contribution in [-0.2, 0) is 0 Å². The minimum Gasteiger partial charge on any atom is -0.396 e. The highest BCUT2D eigenvalue weighted by atomic mass is 19.2. The first-order valence-corrected chi connectivity index (χ1v) is 5.50. The SMILES string of the molecule is Nc1cc(F)cc(C(=O)Nc2cc(F)cc(F)c2F)c1F. The monoisotopic (exact) mass is 302 g/mol. The van der Waals surface area contributed by atoms with Gasteiger partial charge in [-0.1, -0.05) is 0 Å². The van der Waals surface area contributed by atoms with Crippen molar-refractivity contribution in [3.05, 3.63) is 58.9 Å². The molecule has 0 atom stereocenters.